The van der Waals surface area contributed by atoms with Crippen LogP contribution in [0.2, 0.25) is 0 Å². The van der Waals surface area contributed by atoms with Crippen molar-refractivity contribution in [2.24, 2.45) is 5.73 Å². The summed E-state index contributed by atoms with van der Waals surface area (Å²) in [6.07, 6.45) is 3.36. The number of halogens is 3. The molecule has 0 radical (unpaired) electrons. The zero-order valence-electron chi connectivity index (χ0n) is 5.34. The Labute approximate surface area is 83.2 Å². The molecule has 0 aromatic rings. The molecule has 0 fully saturated rings. The standard InChI is InChI=1S/C5H6Cl2N2S.ClH/c6-4-2-1-3(5(8)9)10(4)7;/h1-2,10H,(H3,8,9);1H. The fourth-order valence-corrected chi connectivity index (χ4v) is 2.39. The fourth-order valence-electron chi connectivity index (χ4n) is 0.589. The van der Waals surface area contributed by atoms with Gasteiger partial charge in [0, 0.05) is 4.91 Å². The van der Waals surface area contributed by atoms with Crippen molar-refractivity contribution in [1.29, 1.82) is 5.41 Å². The van der Waals surface area contributed by atoms with Gasteiger partial charge < -0.3 is 5.73 Å². The van der Waals surface area contributed by atoms with Crippen LogP contribution < -0.4 is 5.73 Å². The summed E-state index contributed by atoms with van der Waals surface area (Å²) in [7, 11) is 4.78. The summed E-state index contributed by atoms with van der Waals surface area (Å²) in [6.45, 7) is 0. The number of hydrogen-bond donors (Lipinski definition) is 3. The summed E-state index contributed by atoms with van der Waals surface area (Å²) in [6, 6.07) is 0. The number of hydrogen-bond acceptors (Lipinski definition) is 1. The molecule has 0 spiro atoms. The number of nitrogens with two attached hydrogens (primary N) is 1. The quantitative estimate of drug-likeness (QED) is 0.364. The molecular weight excluding hydrogens is 226 g/mol. The lowest BCUT2D eigenvalue weighted by molar-refractivity contribution is 1.46. The lowest BCUT2D eigenvalue weighted by atomic mass is 10.4. The van der Waals surface area contributed by atoms with Gasteiger partial charge in [-0.05, 0) is 12.2 Å². The van der Waals surface area contributed by atoms with E-state index in [0.717, 1.165) is 0 Å². The Morgan fingerprint density at radius 3 is 2.27 bits per heavy atom. The molecule has 0 amide bonds. The van der Waals surface area contributed by atoms with E-state index in [1.165, 1.54) is 0 Å². The minimum atomic E-state index is -1.02. The van der Waals surface area contributed by atoms with Crippen molar-refractivity contribution < 1.29 is 0 Å². The maximum Gasteiger partial charge on any atom is 0.128 e. The molecule has 1 unspecified atom stereocenters. The van der Waals surface area contributed by atoms with E-state index >= 15 is 0 Å². The minimum Gasteiger partial charge on any atom is -0.383 e. The monoisotopic (exact) mass is 232 g/mol. The highest BCUT2D eigenvalue weighted by atomic mass is 35.7. The lowest BCUT2D eigenvalue weighted by Crippen LogP contribution is -2.10. The van der Waals surface area contributed by atoms with E-state index in [1.807, 2.05) is 0 Å². The van der Waals surface area contributed by atoms with Crippen LogP contribution in [0.25, 0.3) is 0 Å². The van der Waals surface area contributed by atoms with Crippen LogP contribution in [-0.2, 0) is 0 Å². The van der Waals surface area contributed by atoms with Crippen molar-refractivity contribution in [2.75, 3.05) is 0 Å². The zero-order chi connectivity index (χ0) is 7.72. The van der Waals surface area contributed by atoms with Crippen LogP contribution in [0.4, 0.5) is 0 Å². The second-order valence-corrected chi connectivity index (χ2v) is 4.95. The molecule has 1 aliphatic rings. The van der Waals surface area contributed by atoms with Gasteiger partial charge >= 0.3 is 0 Å². The number of thiol groups is 1. The smallest absolute Gasteiger partial charge is 0.128 e. The normalized spacial score (nSPS) is 25.1. The Kier molecular flexibility index (Phi) is 4.32. The molecule has 0 aliphatic carbocycles. The van der Waals surface area contributed by atoms with E-state index in [9.17, 15) is 0 Å². The molecule has 3 N–H and O–H groups in total. The third-order valence-electron chi connectivity index (χ3n) is 1.05. The van der Waals surface area contributed by atoms with Crippen LogP contribution in [0.15, 0.2) is 21.4 Å². The van der Waals surface area contributed by atoms with Crippen molar-refractivity contribution in [3.8, 4) is 0 Å². The fraction of sp³-hybridized carbons (Fsp3) is 0. The Hall–Kier alpha value is 0.170. The van der Waals surface area contributed by atoms with E-state index in [1.54, 1.807) is 12.2 Å². The van der Waals surface area contributed by atoms with Crippen LogP contribution in [0, 0.1) is 5.41 Å². The summed E-state index contributed by atoms with van der Waals surface area (Å²) in [4.78, 5) is 0.640. The molecule has 2 nitrogen and oxygen atoms in total. The molecule has 11 heavy (non-hydrogen) atoms. The van der Waals surface area contributed by atoms with Crippen molar-refractivity contribution in [3.63, 3.8) is 0 Å². The SMILES string of the molecule is Cl.N=C(N)C1=CC=C(Cl)[SH]1Cl. The maximum atomic E-state index is 7.06. The molecule has 6 heteroatoms. The third kappa shape index (κ3) is 2.30. The molecule has 0 saturated heterocycles. The highest BCUT2D eigenvalue weighted by Crippen LogP contribution is 2.52. The first-order valence-corrected chi connectivity index (χ1v) is 5.13. The lowest BCUT2D eigenvalue weighted by Gasteiger charge is -2.09. The van der Waals surface area contributed by atoms with Crippen LogP contribution >= 0.6 is 44.8 Å². The number of amidine groups is 1. The number of nitrogens with one attached hydrogen (secondary N) is 1. The summed E-state index contributed by atoms with van der Waals surface area (Å²) in [5.41, 5.74) is 5.21. The van der Waals surface area contributed by atoms with E-state index in [2.05, 4.69) is 0 Å². The van der Waals surface area contributed by atoms with Crippen molar-refractivity contribution in [2.45, 2.75) is 0 Å². The molecule has 1 aliphatic heterocycles. The Bertz CT molecular complexity index is 236. The Morgan fingerprint density at radius 2 is 2.09 bits per heavy atom. The van der Waals surface area contributed by atoms with E-state index < -0.39 is 10.1 Å². The first kappa shape index (κ1) is 11.2. The molecule has 1 rings (SSSR count). The van der Waals surface area contributed by atoms with Crippen molar-refractivity contribution >= 4 is 50.6 Å². The number of rotatable bonds is 1. The summed E-state index contributed by atoms with van der Waals surface area (Å²) in [5.74, 6) is 0.00742. The van der Waals surface area contributed by atoms with Gasteiger partial charge in [-0.1, -0.05) is 22.3 Å². The van der Waals surface area contributed by atoms with Gasteiger partial charge in [0.05, 0.1) is 4.36 Å². The first-order valence-electron chi connectivity index (χ1n) is 2.50. The van der Waals surface area contributed by atoms with Gasteiger partial charge in [-0.15, -0.1) is 22.5 Å². The molecule has 64 valence electrons. The van der Waals surface area contributed by atoms with Gasteiger partial charge in [0.2, 0.25) is 0 Å². The molecular formula is C5H7Cl3N2S. The highest BCUT2D eigenvalue weighted by Gasteiger charge is 2.16. The average Bonchev–Trinajstić information content (AvgIpc) is 2.14. The minimum absolute atomic E-state index is 0. The maximum absolute atomic E-state index is 7.06. The molecule has 0 bridgehead atoms. The third-order valence-corrected chi connectivity index (χ3v) is 4.38. The van der Waals surface area contributed by atoms with Crippen molar-refractivity contribution in [3.05, 3.63) is 21.4 Å². The summed E-state index contributed by atoms with van der Waals surface area (Å²) < 4.78 is 0.585. The zero-order valence-corrected chi connectivity index (χ0v) is 8.57. The van der Waals surface area contributed by atoms with Gasteiger partial charge in [0.25, 0.3) is 0 Å². The van der Waals surface area contributed by atoms with Crippen LogP contribution in [0.5, 0.6) is 0 Å². The Morgan fingerprint density at radius 1 is 1.55 bits per heavy atom. The molecule has 0 aromatic carbocycles. The number of allylic oxidation sites excluding steroid dienone is 2. The van der Waals surface area contributed by atoms with Crippen LogP contribution in [0.3, 0.4) is 0 Å². The molecule has 1 heterocycles. The molecule has 0 aromatic heterocycles. The van der Waals surface area contributed by atoms with E-state index in [4.69, 9.17) is 33.4 Å². The van der Waals surface area contributed by atoms with Gasteiger partial charge in [-0.2, -0.15) is 0 Å². The summed E-state index contributed by atoms with van der Waals surface area (Å²) >= 11 is 5.66. The van der Waals surface area contributed by atoms with E-state index in [0.29, 0.717) is 9.27 Å². The van der Waals surface area contributed by atoms with Crippen molar-refractivity contribution in [1.82, 2.24) is 0 Å². The molecule has 0 saturated carbocycles. The van der Waals surface area contributed by atoms with Crippen LogP contribution in [0.1, 0.15) is 0 Å². The highest BCUT2D eigenvalue weighted by molar-refractivity contribution is 8.43. The second kappa shape index (κ2) is 4.26. The second-order valence-electron chi connectivity index (χ2n) is 1.74. The predicted octanol–water partition coefficient (Wildman–Crippen LogP) is 2.48. The Balaban J connectivity index is 0.000001000. The van der Waals surface area contributed by atoms with Gasteiger partial charge in [0.15, 0.2) is 0 Å². The van der Waals surface area contributed by atoms with E-state index in [-0.39, 0.29) is 18.2 Å². The predicted molar refractivity (Wildman–Crippen MR) is 56.0 cm³/mol. The largest absolute Gasteiger partial charge is 0.383 e. The van der Waals surface area contributed by atoms with Gasteiger partial charge in [0.1, 0.15) is 5.84 Å². The molecule has 1 atom stereocenters. The van der Waals surface area contributed by atoms with Gasteiger partial charge in [-0.3, -0.25) is 5.41 Å². The average molecular weight is 234 g/mol. The first-order chi connectivity index (χ1) is 4.63. The topological polar surface area (TPSA) is 49.9 Å². The summed E-state index contributed by atoms with van der Waals surface area (Å²) in [5, 5.41) is 7.06. The van der Waals surface area contributed by atoms with Crippen LogP contribution in [-0.4, -0.2) is 5.84 Å². The van der Waals surface area contributed by atoms with Gasteiger partial charge in [-0.25, -0.2) is 0 Å².